The lowest BCUT2D eigenvalue weighted by Gasteiger charge is -2.33. The fourth-order valence-electron chi connectivity index (χ4n) is 4.66. The van der Waals surface area contributed by atoms with Crippen LogP contribution in [0, 0.1) is 11.3 Å². The molecule has 1 aliphatic rings. The average molecular weight is 465 g/mol. The maximum atomic E-state index is 13.8. The lowest BCUT2D eigenvalue weighted by atomic mass is 9.72. The minimum Gasteiger partial charge on any atom is -0.272 e. The Balaban J connectivity index is 1.75. The number of thiophene rings is 1. The van der Waals surface area contributed by atoms with Crippen LogP contribution < -0.4 is 5.56 Å². The van der Waals surface area contributed by atoms with E-state index in [4.69, 9.17) is 0 Å². The molecule has 0 saturated heterocycles. The van der Waals surface area contributed by atoms with Crippen molar-refractivity contribution in [2.24, 2.45) is 11.3 Å². The van der Waals surface area contributed by atoms with Gasteiger partial charge in [-0.25, -0.2) is 4.40 Å². The molecule has 3 aromatic heterocycles. The van der Waals surface area contributed by atoms with E-state index >= 15 is 0 Å². The predicted molar refractivity (Wildman–Crippen MR) is 134 cm³/mol. The summed E-state index contributed by atoms with van der Waals surface area (Å²) in [6.45, 7) is 11.3. The van der Waals surface area contributed by atoms with Crippen LogP contribution in [0.2, 0.25) is 0 Å². The molecule has 0 bridgehead atoms. The summed E-state index contributed by atoms with van der Waals surface area (Å²) >= 11 is 3.37. The van der Waals surface area contributed by atoms with Crippen LogP contribution in [-0.2, 0) is 19.4 Å². The van der Waals surface area contributed by atoms with Gasteiger partial charge in [-0.3, -0.25) is 9.36 Å². The molecule has 166 valence electrons. The summed E-state index contributed by atoms with van der Waals surface area (Å²) in [5, 5.41) is 10.6. The molecule has 0 radical (unpaired) electrons. The second-order valence-corrected chi connectivity index (χ2v) is 11.7. The summed E-state index contributed by atoms with van der Waals surface area (Å²) in [6.07, 6.45) is 4.99. The van der Waals surface area contributed by atoms with Gasteiger partial charge in [-0.1, -0.05) is 68.9 Å². The van der Waals surface area contributed by atoms with E-state index in [1.807, 2.05) is 36.4 Å². The molecule has 0 N–H and O–H groups in total. The molecular weight excluding hydrogens is 436 g/mol. The number of thioether (sulfide) groups is 1. The third-order valence-electron chi connectivity index (χ3n) is 6.51. The van der Waals surface area contributed by atoms with Gasteiger partial charge in [0.15, 0.2) is 5.16 Å². The van der Waals surface area contributed by atoms with Crippen molar-refractivity contribution in [3.05, 3.63) is 69.3 Å². The molecule has 5 nitrogen and oxygen atoms in total. The summed E-state index contributed by atoms with van der Waals surface area (Å²) in [4.78, 5) is 16.2. The number of benzene rings is 1. The molecule has 32 heavy (non-hydrogen) atoms. The molecule has 0 fully saturated rings. The SMILES string of the molecule is C=CCSc1nnc2n(Cc3ccccc3)c(=O)c3c4c(sc3n12)CC(C(C)(C)C)CC4. The Bertz CT molecular complexity index is 1360. The van der Waals surface area contributed by atoms with E-state index in [-0.39, 0.29) is 11.0 Å². The first-order valence-corrected chi connectivity index (χ1v) is 12.9. The predicted octanol–water partition coefficient (Wildman–Crippen LogP) is 5.58. The Morgan fingerprint density at radius 1 is 1.25 bits per heavy atom. The van der Waals surface area contributed by atoms with Gasteiger partial charge in [0.1, 0.15) is 4.83 Å². The first kappa shape index (κ1) is 21.5. The standard InChI is InChI=1S/C25H28N4OS2/c1-5-13-31-24-27-26-23-28(15-16-9-7-6-8-10-16)21(30)20-18-12-11-17(25(2,3)4)14-19(18)32-22(20)29(23)24/h5-10,17H,1,11-15H2,2-4H3. The summed E-state index contributed by atoms with van der Waals surface area (Å²) in [6, 6.07) is 10.1. The van der Waals surface area contributed by atoms with Crippen LogP contribution in [0.15, 0.2) is 52.9 Å². The van der Waals surface area contributed by atoms with E-state index in [0.29, 0.717) is 18.2 Å². The summed E-state index contributed by atoms with van der Waals surface area (Å²) in [7, 11) is 0. The van der Waals surface area contributed by atoms with Gasteiger partial charge >= 0.3 is 0 Å². The van der Waals surface area contributed by atoms with Gasteiger partial charge in [0.25, 0.3) is 5.56 Å². The van der Waals surface area contributed by atoms with Gasteiger partial charge in [-0.2, -0.15) is 0 Å². The highest BCUT2D eigenvalue weighted by molar-refractivity contribution is 7.99. The van der Waals surface area contributed by atoms with Crippen LogP contribution in [-0.4, -0.2) is 24.9 Å². The third kappa shape index (κ3) is 3.61. The number of aromatic nitrogens is 4. The van der Waals surface area contributed by atoms with Crippen LogP contribution in [0.1, 0.15) is 43.2 Å². The zero-order valence-electron chi connectivity index (χ0n) is 18.8. The second-order valence-electron chi connectivity index (χ2n) is 9.58. The van der Waals surface area contributed by atoms with E-state index in [1.54, 1.807) is 27.7 Å². The molecule has 1 unspecified atom stereocenters. The largest absolute Gasteiger partial charge is 0.272 e. The van der Waals surface area contributed by atoms with Crippen LogP contribution in [0.4, 0.5) is 0 Å². The number of fused-ring (bicyclic) bond motifs is 5. The molecular formula is C25H28N4OS2. The molecule has 3 heterocycles. The Hall–Kier alpha value is -2.38. The third-order valence-corrected chi connectivity index (χ3v) is 8.67. The average Bonchev–Trinajstić information content (AvgIpc) is 3.36. The molecule has 0 spiro atoms. The van der Waals surface area contributed by atoms with Crippen molar-refractivity contribution in [2.75, 3.05) is 5.75 Å². The van der Waals surface area contributed by atoms with Gasteiger partial charge in [-0.05, 0) is 41.7 Å². The Morgan fingerprint density at radius 2 is 2.03 bits per heavy atom. The highest BCUT2D eigenvalue weighted by Crippen LogP contribution is 2.43. The zero-order valence-corrected chi connectivity index (χ0v) is 20.4. The van der Waals surface area contributed by atoms with Crippen molar-refractivity contribution >= 4 is 39.1 Å². The molecule has 0 saturated carbocycles. The molecule has 0 amide bonds. The second kappa shape index (κ2) is 8.19. The van der Waals surface area contributed by atoms with Crippen molar-refractivity contribution in [1.29, 1.82) is 0 Å². The normalized spacial score (nSPS) is 16.5. The van der Waals surface area contributed by atoms with Crippen LogP contribution >= 0.6 is 23.1 Å². The van der Waals surface area contributed by atoms with Gasteiger partial charge in [0, 0.05) is 10.6 Å². The minimum absolute atomic E-state index is 0.0516. The Labute approximate surface area is 196 Å². The molecule has 5 rings (SSSR count). The molecule has 1 aliphatic carbocycles. The van der Waals surface area contributed by atoms with E-state index in [0.717, 1.165) is 46.0 Å². The van der Waals surface area contributed by atoms with Gasteiger partial charge < -0.3 is 0 Å². The van der Waals surface area contributed by atoms with Gasteiger partial charge in [-0.15, -0.1) is 28.1 Å². The molecule has 1 atom stereocenters. The Kier molecular flexibility index (Phi) is 5.50. The van der Waals surface area contributed by atoms with Crippen molar-refractivity contribution in [1.82, 2.24) is 19.2 Å². The number of hydrogen-bond acceptors (Lipinski definition) is 5. The van der Waals surface area contributed by atoms with Crippen LogP contribution in [0.25, 0.3) is 16.0 Å². The maximum absolute atomic E-state index is 13.8. The quantitative estimate of drug-likeness (QED) is 0.286. The van der Waals surface area contributed by atoms with Crippen molar-refractivity contribution in [3.63, 3.8) is 0 Å². The highest BCUT2D eigenvalue weighted by Gasteiger charge is 2.32. The molecule has 0 aliphatic heterocycles. The van der Waals surface area contributed by atoms with Gasteiger partial charge in [0.2, 0.25) is 5.78 Å². The van der Waals surface area contributed by atoms with E-state index in [2.05, 4.69) is 41.9 Å². The monoisotopic (exact) mass is 464 g/mol. The van der Waals surface area contributed by atoms with Crippen molar-refractivity contribution < 1.29 is 0 Å². The summed E-state index contributed by atoms with van der Waals surface area (Å²) in [5.41, 5.74) is 2.64. The summed E-state index contributed by atoms with van der Waals surface area (Å²) < 4.78 is 3.90. The number of rotatable bonds is 5. The lowest BCUT2D eigenvalue weighted by Crippen LogP contribution is -2.27. The van der Waals surface area contributed by atoms with E-state index < -0.39 is 0 Å². The molecule has 1 aromatic carbocycles. The number of aryl methyl sites for hydroxylation is 1. The fourth-order valence-corrected chi connectivity index (χ4v) is 6.81. The minimum atomic E-state index is 0.0516. The van der Waals surface area contributed by atoms with Gasteiger partial charge in [0.05, 0.1) is 11.9 Å². The molecule has 4 aromatic rings. The maximum Gasteiger partial charge on any atom is 0.264 e. The first-order chi connectivity index (χ1) is 15.4. The molecule has 7 heteroatoms. The smallest absolute Gasteiger partial charge is 0.264 e. The zero-order chi connectivity index (χ0) is 22.5. The Morgan fingerprint density at radius 3 is 2.75 bits per heavy atom. The van der Waals surface area contributed by atoms with Crippen LogP contribution in [0.5, 0.6) is 0 Å². The lowest BCUT2D eigenvalue weighted by molar-refractivity contribution is 0.218. The topological polar surface area (TPSA) is 52.2 Å². The summed E-state index contributed by atoms with van der Waals surface area (Å²) in [5.74, 6) is 1.99. The fraction of sp³-hybridized carbons (Fsp3) is 0.400. The van der Waals surface area contributed by atoms with E-state index in [9.17, 15) is 4.79 Å². The number of nitrogens with zero attached hydrogens (tertiary/aromatic N) is 4. The first-order valence-electron chi connectivity index (χ1n) is 11.1. The highest BCUT2D eigenvalue weighted by atomic mass is 32.2. The number of hydrogen-bond donors (Lipinski definition) is 0. The van der Waals surface area contributed by atoms with Crippen LogP contribution in [0.3, 0.4) is 0 Å². The van der Waals surface area contributed by atoms with Crippen molar-refractivity contribution in [3.8, 4) is 0 Å². The van der Waals surface area contributed by atoms with Crippen molar-refractivity contribution in [2.45, 2.75) is 51.7 Å². The van der Waals surface area contributed by atoms with E-state index in [1.165, 1.54) is 10.4 Å².